The molecule has 0 fully saturated rings. The Bertz CT molecular complexity index is 3720. The van der Waals surface area contributed by atoms with Gasteiger partial charge in [-0.25, -0.2) is 0 Å². The van der Waals surface area contributed by atoms with E-state index in [1.807, 2.05) is 12.1 Å². The van der Waals surface area contributed by atoms with Crippen LogP contribution in [0.4, 0.5) is 17.1 Å². The van der Waals surface area contributed by atoms with Gasteiger partial charge in [-0.2, -0.15) is 0 Å². The predicted molar refractivity (Wildman–Crippen MR) is 300 cm³/mol. The van der Waals surface area contributed by atoms with E-state index < -0.39 is 0 Å². The van der Waals surface area contributed by atoms with Gasteiger partial charge in [0.25, 0.3) is 0 Å². The Hall–Kier alpha value is -8.40. The van der Waals surface area contributed by atoms with Gasteiger partial charge in [-0.1, -0.05) is 173 Å². The normalized spacial score (nSPS) is 13.0. The molecule has 11 aromatic rings. The van der Waals surface area contributed by atoms with Crippen LogP contribution in [-0.2, 0) is 5.41 Å². The van der Waals surface area contributed by atoms with Gasteiger partial charge < -0.3 is 14.2 Å². The number of rotatable bonds is 11. The van der Waals surface area contributed by atoms with E-state index >= 15 is 0 Å². The summed E-state index contributed by atoms with van der Waals surface area (Å²) in [6.07, 6.45) is 1.14. The first-order chi connectivity index (χ1) is 34.7. The minimum absolute atomic E-state index is 0.116. The summed E-state index contributed by atoms with van der Waals surface area (Å²) in [4.78, 5) is 2.40. The molecule has 0 amide bonds. The van der Waals surface area contributed by atoms with E-state index in [4.69, 9.17) is 4.74 Å². The summed E-state index contributed by atoms with van der Waals surface area (Å²) in [6.45, 7) is 9.25. The van der Waals surface area contributed by atoms with E-state index in [-0.39, 0.29) is 5.41 Å². The van der Waals surface area contributed by atoms with Crippen molar-refractivity contribution in [2.24, 2.45) is 0 Å². The average molecular weight is 917 g/mol. The number of methoxy groups -OCH3 is 1. The number of hydrogen-bond donors (Lipinski definition) is 0. The highest BCUT2D eigenvalue weighted by Gasteiger charge is 2.35. The van der Waals surface area contributed by atoms with Gasteiger partial charge in [-0.05, 0) is 170 Å². The zero-order valence-corrected chi connectivity index (χ0v) is 41.0. The molecule has 1 aliphatic carbocycles. The van der Waals surface area contributed by atoms with E-state index in [0.717, 1.165) is 51.5 Å². The molecule has 71 heavy (non-hydrogen) atoms. The topological polar surface area (TPSA) is 17.4 Å². The number of fused-ring (bicyclic) bond motifs is 6. The summed E-state index contributed by atoms with van der Waals surface area (Å²) in [5, 5.41) is 2.42. The maximum Gasteiger partial charge on any atom is 0.119 e. The second-order valence-corrected chi connectivity index (χ2v) is 19.7. The molecule has 1 aliphatic rings. The molecular weight excluding hydrogens is 861 g/mol. The van der Waals surface area contributed by atoms with Crippen molar-refractivity contribution in [3.63, 3.8) is 0 Å². The van der Waals surface area contributed by atoms with Crippen molar-refractivity contribution < 1.29 is 4.74 Å². The molecule has 3 nitrogen and oxygen atoms in total. The zero-order chi connectivity index (χ0) is 48.2. The fourth-order valence-corrected chi connectivity index (χ4v) is 11.0. The second kappa shape index (κ2) is 17.8. The first kappa shape index (κ1) is 43.9. The van der Waals surface area contributed by atoms with Gasteiger partial charge in [-0.3, -0.25) is 0 Å². The molecule has 3 heteroatoms. The molecule has 1 unspecified atom stereocenters. The highest BCUT2D eigenvalue weighted by molar-refractivity contribution is 6.11. The fourth-order valence-electron chi connectivity index (χ4n) is 11.0. The van der Waals surface area contributed by atoms with Crippen LogP contribution in [0.15, 0.2) is 231 Å². The fraction of sp³-hybridized carbons (Fsp3) is 0.118. The Morgan fingerprint density at radius 3 is 1.44 bits per heavy atom. The van der Waals surface area contributed by atoms with Gasteiger partial charge in [-0.15, -0.1) is 0 Å². The minimum atomic E-state index is -0.116. The summed E-state index contributed by atoms with van der Waals surface area (Å²) in [5.41, 5.74) is 23.0. The Balaban J connectivity index is 0.930. The minimum Gasteiger partial charge on any atom is -0.497 e. The molecule has 1 atom stereocenters. The largest absolute Gasteiger partial charge is 0.497 e. The first-order valence-electron chi connectivity index (χ1n) is 25.0. The Morgan fingerprint density at radius 2 is 0.887 bits per heavy atom. The molecule has 1 heterocycles. The standard InChI is InChI=1S/C68H56N2O/c1-6-45(2)46-16-18-48(19-17-46)49-20-22-51(23-21-49)53-28-40-66-62(42-53)63-43-54(29-41-67(63)70(66)57-34-37-59(71-5)38-35-57)52-26-32-56(33-27-52)69(55-30-24-50(25-31-55)47-12-8-7-9-13-47)58-36-39-61-60-14-10-11-15-64(60)68(3,4)65(61)44-58/h7-45H,6H2,1-5H3. The van der Waals surface area contributed by atoms with Crippen molar-refractivity contribution in [1.82, 2.24) is 4.57 Å². The highest BCUT2D eigenvalue weighted by Crippen LogP contribution is 2.51. The lowest BCUT2D eigenvalue weighted by Crippen LogP contribution is -2.16. The van der Waals surface area contributed by atoms with E-state index in [1.165, 1.54) is 77.5 Å². The molecule has 0 aliphatic heterocycles. The Morgan fingerprint density at radius 1 is 0.437 bits per heavy atom. The smallest absolute Gasteiger partial charge is 0.119 e. The number of aromatic nitrogens is 1. The van der Waals surface area contributed by atoms with Gasteiger partial charge in [0.2, 0.25) is 0 Å². The number of hydrogen-bond acceptors (Lipinski definition) is 2. The third-order valence-electron chi connectivity index (χ3n) is 15.3. The molecule has 0 bridgehead atoms. The molecule has 344 valence electrons. The van der Waals surface area contributed by atoms with Crippen molar-refractivity contribution in [2.75, 3.05) is 12.0 Å². The van der Waals surface area contributed by atoms with Crippen LogP contribution in [0, 0.1) is 0 Å². The van der Waals surface area contributed by atoms with Crippen LogP contribution in [0.2, 0.25) is 0 Å². The number of benzene rings is 10. The van der Waals surface area contributed by atoms with Crippen LogP contribution >= 0.6 is 0 Å². The van der Waals surface area contributed by atoms with Crippen LogP contribution in [0.5, 0.6) is 5.75 Å². The molecule has 10 aromatic carbocycles. The third-order valence-corrected chi connectivity index (χ3v) is 15.3. The highest BCUT2D eigenvalue weighted by atomic mass is 16.5. The summed E-state index contributed by atoms with van der Waals surface area (Å²) in [5.74, 6) is 1.40. The van der Waals surface area contributed by atoms with E-state index in [1.54, 1.807) is 7.11 Å². The van der Waals surface area contributed by atoms with Gasteiger partial charge >= 0.3 is 0 Å². The van der Waals surface area contributed by atoms with Gasteiger partial charge in [0.1, 0.15) is 5.75 Å². The lowest BCUT2D eigenvalue weighted by Gasteiger charge is -2.28. The predicted octanol–water partition coefficient (Wildman–Crippen LogP) is 18.7. The van der Waals surface area contributed by atoms with Gasteiger partial charge in [0.05, 0.1) is 18.1 Å². The maximum absolute atomic E-state index is 5.57. The van der Waals surface area contributed by atoms with E-state index in [2.05, 4.69) is 256 Å². The van der Waals surface area contributed by atoms with Crippen LogP contribution in [0.3, 0.4) is 0 Å². The molecule has 12 rings (SSSR count). The van der Waals surface area contributed by atoms with Crippen LogP contribution in [0.25, 0.3) is 83.1 Å². The molecule has 0 saturated heterocycles. The molecule has 0 saturated carbocycles. The monoisotopic (exact) mass is 916 g/mol. The lowest BCUT2D eigenvalue weighted by molar-refractivity contribution is 0.415. The number of anilines is 3. The van der Waals surface area contributed by atoms with Crippen molar-refractivity contribution in [3.8, 4) is 67.1 Å². The van der Waals surface area contributed by atoms with Gasteiger partial charge in [0, 0.05) is 38.9 Å². The summed E-state index contributed by atoms with van der Waals surface area (Å²) >= 11 is 0. The lowest BCUT2D eigenvalue weighted by atomic mass is 9.82. The second-order valence-electron chi connectivity index (χ2n) is 19.7. The zero-order valence-electron chi connectivity index (χ0n) is 41.0. The van der Waals surface area contributed by atoms with Gasteiger partial charge in [0.15, 0.2) is 0 Å². The molecule has 0 spiro atoms. The van der Waals surface area contributed by atoms with Crippen LogP contribution < -0.4 is 9.64 Å². The Kier molecular flexibility index (Phi) is 11.0. The van der Waals surface area contributed by atoms with Crippen LogP contribution in [0.1, 0.15) is 56.7 Å². The summed E-state index contributed by atoms with van der Waals surface area (Å²) < 4.78 is 7.95. The van der Waals surface area contributed by atoms with Crippen molar-refractivity contribution in [2.45, 2.75) is 45.4 Å². The molecule has 0 radical (unpaired) electrons. The van der Waals surface area contributed by atoms with Crippen molar-refractivity contribution >= 4 is 38.9 Å². The number of ether oxygens (including phenoxy) is 1. The Labute approximate surface area is 417 Å². The summed E-state index contributed by atoms with van der Waals surface area (Å²) in [7, 11) is 1.72. The molecule has 1 aromatic heterocycles. The van der Waals surface area contributed by atoms with Crippen LogP contribution in [-0.4, -0.2) is 11.7 Å². The maximum atomic E-state index is 5.57. The number of nitrogens with zero attached hydrogens (tertiary/aromatic N) is 2. The van der Waals surface area contributed by atoms with Crippen molar-refractivity contribution in [3.05, 3.63) is 247 Å². The third kappa shape index (κ3) is 7.79. The molecular formula is C68H56N2O. The summed E-state index contributed by atoms with van der Waals surface area (Å²) in [6, 6.07) is 85.0. The average Bonchev–Trinajstić information content (AvgIpc) is 3.88. The SMILES string of the molecule is CCC(C)c1ccc(-c2ccc(-c3ccc4c(c3)c3cc(-c5ccc(N(c6ccc(-c7ccccc7)cc6)c6ccc7c(c6)C(C)(C)c6ccccc6-7)cc5)ccc3n4-c3ccc(OC)cc3)cc2)cc1. The van der Waals surface area contributed by atoms with E-state index in [9.17, 15) is 0 Å². The quantitative estimate of drug-likeness (QED) is 0.129. The molecule has 0 N–H and O–H groups in total. The van der Waals surface area contributed by atoms with E-state index in [0.29, 0.717) is 5.92 Å². The van der Waals surface area contributed by atoms with Crippen molar-refractivity contribution in [1.29, 1.82) is 0 Å². The first-order valence-corrected chi connectivity index (χ1v) is 25.0.